The van der Waals surface area contributed by atoms with Crippen LogP contribution >= 0.6 is 0 Å². The maximum Gasteiger partial charge on any atom is 0.211 e. The third-order valence-electron chi connectivity index (χ3n) is 2.28. The van der Waals surface area contributed by atoms with Crippen LogP contribution in [0.25, 0.3) is 0 Å². The van der Waals surface area contributed by atoms with Crippen molar-refractivity contribution < 1.29 is 9.53 Å². The zero-order valence-corrected chi connectivity index (χ0v) is 10.3. The van der Waals surface area contributed by atoms with Gasteiger partial charge in [-0.25, -0.2) is 9.97 Å². The molecule has 4 nitrogen and oxygen atoms in total. The van der Waals surface area contributed by atoms with Gasteiger partial charge < -0.3 is 4.74 Å². The van der Waals surface area contributed by atoms with E-state index in [0.717, 1.165) is 0 Å². The Hall–Kier alpha value is -2.23. The van der Waals surface area contributed by atoms with Crippen molar-refractivity contribution in [3.05, 3.63) is 54.1 Å². The second-order valence-electron chi connectivity index (χ2n) is 4.12. The molecule has 1 heterocycles. The Morgan fingerprint density at radius 2 is 2.11 bits per heavy atom. The predicted octanol–water partition coefficient (Wildman–Crippen LogP) is 2.49. The summed E-state index contributed by atoms with van der Waals surface area (Å²) in [5.41, 5.74) is 0.943. The Morgan fingerprint density at radius 3 is 2.78 bits per heavy atom. The van der Waals surface area contributed by atoms with E-state index in [2.05, 4.69) is 9.97 Å². The first-order valence-electron chi connectivity index (χ1n) is 5.74. The number of aromatic nitrogens is 2. The van der Waals surface area contributed by atoms with Crippen molar-refractivity contribution in [1.29, 1.82) is 0 Å². The van der Waals surface area contributed by atoms with Crippen molar-refractivity contribution in [1.82, 2.24) is 9.97 Å². The van der Waals surface area contributed by atoms with E-state index in [1.807, 2.05) is 19.9 Å². The molecule has 0 bridgehead atoms. The Labute approximate surface area is 106 Å². The molecule has 0 saturated heterocycles. The van der Waals surface area contributed by atoms with Gasteiger partial charge in [0.1, 0.15) is 17.8 Å². The molecule has 0 aliphatic carbocycles. The van der Waals surface area contributed by atoms with Crippen molar-refractivity contribution in [2.75, 3.05) is 0 Å². The van der Waals surface area contributed by atoms with Gasteiger partial charge in [0.25, 0.3) is 0 Å². The van der Waals surface area contributed by atoms with Gasteiger partial charge in [-0.15, -0.1) is 0 Å². The molecule has 0 N–H and O–H groups in total. The van der Waals surface area contributed by atoms with Gasteiger partial charge in [0, 0.05) is 11.8 Å². The normalized spacial score (nSPS) is 10.4. The van der Waals surface area contributed by atoms with Gasteiger partial charge in [-0.1, -0.05) is 12.1 Å². The van der Waals surface area contributed by atoms with Gasteiger partial charge in [0.15, 0.2) is 0 Å². The lowest BCUT2D eigenvalue weighted by atomic mass is 10.1. The number of nitrogens with zero attached hydrogens (tertiary/aromatic N) is 2. The summed E-state index contributed by atoms with van der Waals surface area (Å²) < 4.78 is 5.56. The maximum absolute atomic E-state index is 12.1. The van der Waals surface area contributed by atoms with E-state index in [-0.39, 0.29) is 11.9 Å². The second kappa shape index (κ2) is 5.40. The van der Waals surface area contributed by atoms with Crippen LogP contribution in [0.15, 0.2) is 42.9 Å². The minimum absolute atomic E-state index is 0.0782. The molecule has 2 aromatic rings. The molecule has 0 radical (unpaired) electrons. The minimum atomic E-state index is -0.133. The fourth-order valence-corrected chi connectivity index (χ4v) is 1.56. The van der Waals surface area contributed by atoms with Crippen LogP contribution in [0.4, 0.5) is 0 Å². The number of benzene rings is 1. The molecule has 4 heteroatoms. The molecule has 0 unspecified atom stereocenters. The van der Waals surface area contributed by atoms with Crippen LogP contribution in [0.2, 0.25) is 0 Å². The molecule has 92 valence electrons. The molecule has 0 amide bonds. The highest BCUT2D eigenvalue weighted by Gasteiger charge is 2.11. The number of carbonyl (C=O) groups is 1. The fourth-order valence-electron chi connectivity index (χ4n) is 1.56. The second-order valence-corrected chi connectivity index (χ2v) is 4.12. The quantitative estimate of drug-likeness (QED) is 0.773. The zero-order valence-electron chi connectivity index (χ0n) is 10.3. The number of hydrogen-bond donors (Lipinski definition) is 0. The fraction of sp³-hybridized carbons (Fsp3) is 0.214. The van der Waals surface area contributed by atoms with Crippen LogP contribution in [0.1, 0.15) is 29.9 Å². The Bertz CT molecular complexity index is 539. The van der Waals surface area contributed by atoms with Gasteiger partial charge in [-0.2, -0.15) is 0 Å². The van der Waals surface area contributed by atoms with Crippen LogP contribution in [-0.4, -0.2) is 21.9 Å². The highest BCUT2D eigenvalue weighted by Crippen LogP contribution is 2.16. The number of ketones is 1. The van der Waals surface area contributed by atoms with E-state index in [4.69, 9.17) is 4.74 Å². The van der Waals surface area contributed by atoms with E-state index in [1.165, 1.54) is 6.33 Å². The predicted molar refractivity (Wildman–Crippen MR) is 67.7 cm³/mol. The van der Waals surface area contributed by atoms with Crippen molar-refractivity contribution in [2.45, 2.75) is 20.0 Å². The lowest BCUT2D eigenvalue weighted by Crippen LogP contribution is -2.07. The van der Waals surface area contributed by atoms with E-state index in [1.54, 1.807) is 30.5 Å². The third-order valence-corrected chi connectivity index (χ3v) is 2.28. The smallest absolute Gasteiger partial charge is 0.211 e. The zero-order chi connectivity index (χ0) is 13.0. The Kier molecular flexibility index (Phi) is 3.67. The highest BCUT2D eigenvalue weighted by molar-refractivity contribution is 6.07. The average molecular weight is 242 g/mol. The van der Waals surface area contributed by atoms with E-state index in [0.29, 0.717) is 17.0 Å². The van der Waals surface area contributed by atoms with E-state index >= 15 is 0 Å². The van der Waals surface area contributed by atoms with Crippen molar-refractivity contribution in [3.63, 3.8) is 0 Å². The number of hydrogen-bond acceptors (Lipinski definition) is 4. The molecule has 0 aliphatic heterocycles. The van der Waals surface area contributed by atoms with Gasteiger partial charge in [-0.3, -0.25) is 4.79 Å². The van der Waals surface area contributed by atoms with Gasteiger partial charge in [0.2, 0.25) is 5.78 Å². The number of ether oxygens (including phenoxy) is 1. The monoisotopic (exact) mass is 242 g/mol. The van der Waals surface area contributed by atoms with Crippen LogP contribution in [0.3, 0.4) is 0 Å². The Balaban J connectivity index is 2.26. The highest BCUT2D eigenvalue weighted by atomic mass is 16.5. The Morgan fingerprint density at radius 1 is 1.28 bits per heavy atom. The SMILES string of the molecule is CC(C)Oc1cccc(C(=O)c2ccncn2)c1. The maximum atomic E-state index is 12.1. The molecule has 1 aromatic heterocycles. The molecule has 0 aliphatic rings. The first-order chi connectivity index (χ1) is 8.66. The summed E-state index contributed by atoms with van der Waals surface area (Å²) in [5.74, 6) is 0.552. The molecule has 0 atom stereocenters. The van der Waals surface area contributed by atoms with Gasteiger partial charge in [0.05, 0.1) is 6.10 Å². The lowest BCUT2D eigenvalue weighted by molar-refractivity contribution is 0.103. The van der Waals surface area contributed by atoms with Crippen molar-refractivity contribution in [2.24, 2.45) is 0 Å². The molecule has 0 saturated carbocycles. The summed E-state index contributed by atoms with van der Waals surface area (Å²) in [5, 5.41) is 0. The van der Waals surface area contributed by atoms with Gasteiger partial charge >= 0.3 is 0 Å². The molecule has 0 fully saturated rings. The van der Waals surface area contributed by atoms with Crippen LogP contribution in [-0.2, 0) is 0 Å². The molecule has 1 aromatic carbocycles. The topological polar surface area (TPSA) is 52.1 Å². The first-order valence-corrected chi connectivity index (χ1v) is 5.74. The summed E-state index contributed by atoms with van der Waals surface area (Å²) in [7, 11) is 0. The van der Waals surface area contributed by atoms with E-state index < -0.39 is 0 Å². The standard InChI is InChI=1S/C14H14N2O2/c1-10(2)18-12-5-3-4-11(8-12)14(17)13-6-7-15-9-16-13/h3-10H,1-2H3. The summed E-state index contributed by atoms with van der Waals surface area (Å²) in [4.78, 5) is 19.9. The summed E-state index contributed by atoms with van der Waals surface area (Å²) >= 11 is 0. The van der Waals surface area contributed by atoms with Crippen LogP contribution in [0, 0.1) is 0 Å². The summed E-state index contributed by atoms with van der Waals surface area (Å²) in [6, 6.07) is 8.70. The molecular formula is C14H14N2O2. The van der Waals surface area contributed by atoms with Gasteiger partial charge in [-0.05, 0) is 32.0 Å². The first kappa shape index (κ1) is 12.2. The van der Waals surface area contributed by atoms with E-state index in [9.17, 15) is 4.79 Å². The molecule has 0 spiro atoms. The summed E-state index contributed by atoms with van der Waals surface area (Å²) in [6.45, 7) is 3.89. The lowest BCUT2D eigenvalue weighted by Gasteiger charge is -2.10. The molecule has 2 rings (SSSR count). The number of rotatable bonds is 4. The van der Waals surface area contributed by atoms with Crippen LogP contribution in [0.5, 0.6) is 5.75 Å². The molecular weight excluding hydrogens is 228 g/mol. The van der Waals surface area contributed by atoms with Crippen LogP contribution < -0.4 is 4.74 Å². The number of carbonyl (C=O) groups excluding carboxylic acids is 1. The largest absolute Gasteiger partial charge is 0.491 e. The van der Waals surface area contributed by atoms with Crippen molar-refractivity contribution in [3.8, 4) is 5.75 Å². The summed E-state index contributed by atoms with van der Waals surface area (Å²) in [6.07, 6.45) is 2.99. The average Bonchev–Trinajstić information content (AvgIpc) is 2.38. The van der Waals surface area contributed by atoms with Crippen molar-refractivity contribution >= 4 is 5.78 Å². The minimum Gasteiger partial charge on any atom is -0.491 e. The molecule has 18 heavy (non-hydrogen) atoms. The third kappa shape index (κ3) is 2.91.